The Kier molecular flexibility index (Phi) is 4.79. The van der Waals surface area contributed by atoms with Crippen LogP contribution in [0, 0.1) is 0 Å². The molecule has 1 N–H and O–H groups in total. The number of thiazole rings is 1. The lowest BCUT2D eigenvalue weighted by atomic mass is 10.1. The fraction of sp³-hybridized carbons (Fsp3) is 0.118. The van der Waals surface area contributed by atoms with Crippen LogP contribution in [0.5, 0.6) is 0 Å². The fourth-order valence-corrected chi connectivity index (χ4v) is 3.60. The smallest absolute Gasteiger partial charge is 0.0980 e. The van der Waals surface area contributed by atoms with Gasteiger partial charge in [-0.05, 0) is 23.8 Å². The van der Waals surface area contributed by atoms with Gasteiger partial charge in [-0.3, -0.25) is 0 Å². The van der Waals surface area contributed by atoms with E-state index in [1.54, 1.807) is 12.1 Å². The first kappa shape index (κ1) is 15.5. The van der Waals surface area contributed by atoms with Gasteiger partial charge in [0.1, 0.15) is 0 Å². The first-order valence-corrected chi connectivity index (χ1v) is 8.33. The number of benzene rings is 2. The van der Waals surface area contributed by atoms with E-state index < -0.39 is 0 Å². The number of aromatic nitrogens is 1. The van der Waals surface area contributed by atoms with Crippen LogP contribution in [-0.4, -0.2) is 10.1 Å². The van der Waals surface area contributed by atoms with Gasteiger partial charge in [-0.1, -0.05) is 53.5 Å². The van der Waals surface area contributed by atoms with Crippen LogP contribution in [0.2, 0.25) is 10.0 Å². The van der Waals surface area contributed by atoms with Crippen molar-refractivity contribution in [3.05, 3.63) is 74.0 Å². The zero-order chi connectivity index (χ0) is 15.5. The number of aliphatic hydroxyl groups excluding tert-OH is 1. The average molecular weight is 350 g/mol. The molecule has 0 radical (unpaired) electrons. The maximum Gasteiger partial charge on any atom is 0.0980 e. The Balaban J connectivity index is 1.96. The van der Waals surface area contributed by atoms with Crippen molar-refractivity contribution in [1.29, 1.82) is 0 Å². The molecule has 0 amide bonds. The maximum absolute atomic E-state index is 9.58. The zero-order valence-corrected chi connectivity index (χ0v) is 13.9. The Morgan fingerprint density at radius 1 is 1.05 bits per heavy atom. The molecule has 0 aliphatic heterocycles. The van der Waals surface area contributed by atoms with E-state index in [0.29, 0.717) is 16.5 Å². The van der Waals surface area contributed by atoms with Crippen LogP contribution in [0.1, 0.15) is 15.4 Å². The summed E-state index contributed by atoms with van der Waals surface area (Å²) in [6, 6.07) is 15.3. The monoisotopic (exact) mass is 349 g/mol. The molecular formula is C17H13Cl2NOS. The zero-order valence-electron chi connectivity index (χ0n) is 11.6. The highest BCUT2D eigenvalue weighted by Gasteiger charge is 2.13. The van der Waals surface area contributed by atoms with Crippen molar-refractivity contribution in [2.75, 3.05) is 0 Å². The van der Waals surface area contributed by atoms with Gasteiger partial charge in [0.25, 0.3) is 0 Å². The van der Waals surface area contributed by atoms with Gasteiger partial charge in [-0.25, -0.2) is 4.98 Å². The lowest BCUT2D eigenvalue weighted by Gasteiger charge is -2.02. The Morgan fingerprint density at radius 3 is 2.55 bits per heavy atom. The quantitative estimate of drug-likeness (QED) is 0.702. The molecular weight excluding hydrogens is 337 g/mol. The number of hydrogen-bond acceptors (Lipinski definition) is 3. The SMILES string of the molecule is OCc1sc(Cc2cc(Cl)ccc2Cl)nc1-c1ccccc1. The lowest BCUT2D eigenvalue weighted by molar-refractivity contribution is 0.286. The van der Waals surface area contributed by atoms with Crippen molar-refractivity contribution < 1.29 is 5.11 Å². The summed E-state index contributed by atoms with van der Waals surface area (Å²) in [5.74, 6) is 0. The van der Waals surface area contributed by atoms with Gasteiger partial charge >= 0.3 is 0 Å². The van der Waals surface area contributed by atoms with E-state index >= 15 is 0 Å². The van der Waals surface area contributed by atoms with Crippen LogP contribution in [0.15, 0.2) is 48.5 Å². The van der Waals surface area contributed by atoms with Gasteiger partial charge in [0.2, 0.25) is 0 Å². The first-order valence-electron chi connectivity index (χ1n) is 6.76. The molecule has 2 nitrogen and oxygen atoms in total. The summed E-state index contributed by atoms with van der Waals surface area (Å²) in [4.78, 5) is 5.53. The molecule has 0 saturated carbocycles. The third-order valence-electron chi connectivity index (χ3n) is 3.28. The van der Waals surface area contributed by atoms with Gasteiger partial charge in [0.15, 0.2) is 0 Å². The Bertz CT molecular complexity index is 787. The minimum absolute atomic E-state index is 0.0226. The van der Waals surface area contributed by atoms with Crippen molar-refractivity contribution in [2.24, 2.45) is 0 Å². The standard InChI is InChI=1S/C17H13Cl2NOS/c18-13-6-7-14(19)12(8-13)9-16-20-17(15(10-21)22-16)11-4-2-1-3-5-11/h1-8,21H,9-10H2. The molecule has 3 aromatic rings. The Hall–Kier alpha value is -1.39. The van der Waals surface area contributed by atoms with Crippen molar-refractivity contribution in [3.63, 3.8) is 0 Å². The van der Waals surface area contributed by atoms with E-state index in [1.807, 2.05) is 36.4 Å². The van der Waals surface area contributed by atoms with E-state index in [0.717, 1.165) is 26.7 Å². The summed E-state index contributed by atoms with van der Waals surface area (Å²) in [7, 11) is 0. The highest BCUT2D eigenvalue weighted by molar-refractivity contribution is 7.12. The molecule has 0 bridgehead atoms. The van der Waals surface area contributed by atoms with E-state index in [-0.39, 0.29) is 6.61 Å². The van der Waals surface area contributed by atoms with Crippen LogP contribution >= 0.6 is 34.5 Å². The number of rotatable bonds is 4. The van der Waals surface area contributed by atoms with Crippen LogP contribution in [-0.2, 0) is 13.0 Å². The van der Waals surface area contributed by atoms with Gasteiger partial charge in [-0.2, -0.15) is 0 Å². The van der Waals surface area contributed by atoms with Gasteiger partial charge in [-0.15, -0.1) is 11.3 Å². The summed E-state index contributed by atoms with van der Waals surface area (Å²) in [5, 5.41) is 11.8. The van der Waals surface area contributed by atoms with Crippen molar-refractivity contribution >= 4 is 34.5 Å². The summed E-state index contributed by atoms with van der Waals surface area (Å²) >= 11 is 13.7. The Labute approximate surface area is 143 Å². The van der Waals surface area contributed by atoms with Crippen LogP contribution in [0.3, 0.4) is 0 Å². The number of aliphatic hydroxyl groups is 1. The van der Waals surface area contributed by atoms with E-state index in [4.69, 9.17) is 23.2 Å². The summed E-state index contributed by atoms with van der Waals surface area (Å²) < 4.78 is 0. The van der Waals surface area contributed by atoms with Crippen molar-refractivity contribution in [2.45, 2.75) is 13.0 Å². The molecule has 112 valence electrons. The van der Waals surface area contributed by atoms with Crippen LogP contribution in [0.25, 0.3) is 11.3 Å². The minimum Gasteiger partial charge on any atom is -0.391 e. The second-order valence-corrected chi connectivity index (χ2v) is 6.83. The molecule has 2 aromatic carbocycles. The Morgan fingerprint density at radius 2 is 1.82 bits per heavy atom. The molecule has 0 fully saturated rings. The highest BCUT2D eigenvalue weighted by atomic mass is 35.5. The average Bonchev–Trinajstić information content (AvgIpc) is 2.95. The summed E-state index contributed by atoms with van der Waals surface area (Å²) in [6.45, 7) is -0.0226. The molecule has 1 heterocycles. The molecule has 0 aliphatic rings. The third kappa shape index (κ3) is 3.33. The minimum atomic E-state index is -0.0226. The van der Waals surface area contributed by atoms with Crippen molar-refractivity contribution in [3.8, 4) is 11.3 Å². The van der Waals surface area contributed by atoms with E-state index in [1.165, 1.54) is 11.3 Å². The largest absolute Gasteiger partial charge is 0.391 e. The molecule has 5 heteroatoms. The fourth-order valence-electron chi connectivity index (χ4n) is 2.25. The predicted molar refractivity (Wildman–Crippen MR) is 92.7 cm³/mol. The third-order valence-corrected chi connectivity index (χ3v) is 4.93. The van der Waals surface area contributed by atoms with Crippen molar-refractivity contribution in [1.82, 2.24) is 4.98 Å². The van der Waals surface area contributed by atoms with Gasteiger partial charge in [0, 0.05) is 22.0 Å². The normalized spacial score (nSPS) is 10.9. The van der Waals surface area contributed by atoms with Gasteiger partial charge < -0.3 is 5.11 Å². The molecule has 0 spiro atoms. The molecule has 0 aliphatic carbocycles. The molecule has 22 heavy (non-hydrogen) atoms. The number of halogens is 2. The first-order chi connectivity index (χ1) is 10.7. The second-order valence-electron chi connectivity index (χ2n) is 4.82. The summed E-state index contributed by atoms with van der Waals surface area (Å²) in [6.07, 6.45) is 0.601. The van der Waals surface area contributed by atoms with E-state index in [9.17, 15) is 5.11 Å². The maximum atomic E-state index is 9.58. The topological polar surface area (TPSA) is 33.1 Å². The number of hydrogen-bond donors (Lipinski definition) is 1. The molecule has 0 atom stereocenters. The predicted octanol–water partition coefficient (Wildman–Crippen LogP) is 5.20. The molecule has 0 unspecified atom stereocenters. The molecule has 3 rings (SSSR count). The lowest BCUT2D eigenvalue weighted by Crippen LogP contribution is -1.89. The second kappa shape index (κ2) is 6.80. The van der Waals surface area contributed by atoms with E-state index in [2.05, 4.69) is 4.98 Å². The van der Waals surface area contributed by atoms with Crippen LogP contribution < -0.4 is 0 Å². The van der Waals surface area contributed by atoms with Crippen LogP contribution in [0.4, 0.5) is 0 Å². The number of nitrogens with zero attached hydrogens (tertiary/aromatic N) is 1. The summed E-state index contributed by atoms with van der Waals surface area (Å²) in [5.41, 5.74) is 2.78. The molecule has 1 aromatic heterocycles. The molecule has 0 saturated heterocycles. The van der Waals surface area contributed by atoms with Gasteiger partial charge in [0.05, 0.1) is 22.2 Å². The highest BCUT2D eigenvalue weighted by Crippen LogP contribution is 2.31.